The summed E-state index contributed by atoms with van der Waals surface area (Å²) in [4.78, 5) is 11.9. The summed E-state index contributed by atoms with van der Waals surface area (Å²) in [6.45, 7) is 2.31. The number of carbonyl (C=O) groups excluding carboxylic acids is 1. The van der Waals surface area contributed by atoms with Crippen LogP contribution in [0.5, 0.6) is 0 Å². The van der Waals surface area contributed by atoms with Crippen LogP contribution in [0.1, 0.15) is 51.4 Å². The maximum atomic E-state index is 11.9. The second kappa shape index (κ2) is 5.64. The molecule has 2 aliphatic rings. The number of ketones is 1. The van der Waals surface area contributed by atoms with Gasteiger partial charge in [-0.1, -0.05) is 12.8 Å². The molecule has 1 aliphatic carbocycles. The Morgan fingerprint density at radius 2 is 1.93 bits per heavy atom. The fraction of sp³-hybridized carbons (Fsp3) is 0.923. The van der Waals surface area contributed by atoms with Crippen LogP contribution in [0.2, 0.25) is 0 Å². The summed E-state index contributed by atoms with van der Waals surface area (Å²) in [5, 5.41) is 3.42. The molecule has 86 valence electrons. The lowest BCUT2D eigenvalue weighted by Gasteiger charge is -2.22. The highest BCUT2D eigenvalue weighted by Gasteiger charge is 2.23. The number of Topliss-reactive ketones (excluding diaryl/α,β-unsaturated/α-hetero) is 1. The number of nitrogens with one attached hydrogen (secondary N) is 1. The van der Waals surface area contributed by atoms with Gasteiger partial charge in [-0.3, -0.25) is 4.79 Å². The van der Waals surface area contributed by atoms with Crippen LogP contribution in [0.4, 0.5) is 0 Å². The fourth-order valence-corrected chi connectivity index (χ4v) is 2.97. The van der Waals surface area contributed by atoms with E-state index in [1.54, 1.807) is 0 Å². The van der Waals surface area contributed by atoms with Gasteiger partial charge in [0.2, 0.25) is 0 Å². The molecule has 0 amide bonds. The summed E-state index contributed by atoms with van der Waals surface area (Å²) in [6.07, 6.45) is 9.48. The fourth-order valence-electron chi connectivity index (χ4n) is 2.97. The molecule has 2 rings (SSSR count). The summed E-state index contributed by atoms with van der Waals surface area (Å²) < 4.78 is 0. The Kier molecular flexibility index (Phi) is 4.18. The molecule has 0 aromatic carbocycles. The van der Waals surface area contributed by atoms with E-state index in [4.69, 9.17) is 0 Å². The molecule has 0 bridgehead atoms. The lowest BCUT2D eigenvalue weighted by atomic mass is 9.90. The number of carbonyl (C=O) groups is 1. The molecule has 2 fully saturated rings. The molecule has 1 saturated carbocycles. The third kappa shape index (κ3) is 3.30. The van der Waals surface area contributed by atoms with E-state index in [-0.39, 0.29) is 0 Å². The molecule has 1 saturated heterocycles. The second-order valence-electron chi connectivity index (χ2n) is 5.20. The van der Waals surface area contributed by atoms with E-state index in [9.17, 15) is 4.79 Å². The summed E-state index contributed by atoms with van der Waals surface area (Å²) in [5.41, 5.74) is 0. The summed E-state index contributed by atoms with van der Waals surface area (Å²) in [5.74, 6) is 1.75. The van der Waals surface area contributed by atoms with Gasteiger partial charge in [-0.2, -0.15) is 0 Å². The highest BCUT2D eigenvalue weighted by molar-refractivity contribution is 5.81. The Morgan fingerprint density at radius 3 is 2.60 bits per heavy atom. The van der Waals surface area contributed by atoms with Gasteiger partial charge in [0.25, 0.3) is 0 Å². The number of hydrogen-bond acceptors (Lipinski definition) is 2. The molecule has 1 N–H and O–H groups in total. The van der Waals surface area contributed by atoms with Crippen molar-refractivity contribution >= 4 is 5.78 Å². The maximum absolute atomic E-state index is 11.9. The molecule has 1 atom stereocenters. The smallest absolute Gasteiger partial charge is 0.135 e. The number of hydrogen-bond donors (Lipinski definition) is 1. The second-order valence-corrected chi connectivity index (χ2v) is 5.20. The molecule has 0 radical (unpaired) electrons. The van der Waals surface area contributed by atoms with E-state index in [2.05, 4.69) is 5.32 Å². The Morgan fingerprint density at radius 1 is 1.13 bits per heavy atom. The lowest BCUT2D eigenvalue weighted by molar-refractivity contribution is -0.123. The van der Waals surface area contributed by atoms with Crippen molar-refractivity contribution in [2.75, 3.05) is 13.1 Å². The largest absolute Gasteiger partial charge is 0.316 e. The highest BCUT2D eigenvalue weighted by atomic mass is 16.1. The van der Waals surface area contributed by atoms with E-state index < -0.39 is 0 Å². The first kappa shape index (κ1) is 11.1. The Bertz CT molecular complexity index is 203. The molecular weight excluding hydrogens is 186 g/mol. The van der Waals surface area contributed by atoms with E-state index in [0.717, 1.165) is 25.3 Å². The zero-order valence-corrected chi connectivity index (χ0v) is 9.63. The van der Waals surface area contributed by atoms with Gasteiger partial charge in [0, 0.05) is 12.3 Å². The summed E-state index contributed by atoms with van der Waals surface area (Å²) in [7, 11) is 0. The van der Waals surface area contributed by atoms with Gasteiger partial charge < -0.3 is 5.32 Å². The third-order valence-corrected chi connectivity index (χ3v) is 4.01. The number of piperidine rings is 1. The molecule has 0 aromatic heterocycles. The Balaban J connectivity index is 1.65. The van der Waals surface area contributed by atoms with Crippen LogP contribution in [-0.4, -0.2) is 18.9 Å². The van der Waals surface area contributed by atoms with Gasteiger partial charge in [-0.15, -0.1) is 0 Å². The van der Waals surface area contributed by atoms with Gasteiger partial charge in [-0.25, -0.2) is 0 Å². The van der Waals surface area contributed by atoms with Gasteiger partial charge in [-0.05, 0) is 51.1 Å². The van der Waals surface area contributed by atoms with Crippen LogP contribution in [0.25, 0.3) is 0 Å². The minimum Gasteiger partial charge on any atom is -0.316 e. The predicted octanol–water partition coefficient (Wildman–Crippen LogP) is 2.53. The molecule has 1 unspecified atom stereocenters. The molecule has 0 spiro atoms. The van der Waals surface area contributed by atoms with Crippen molar-refractivity contribution in [2.45, 2.75) is 51.4 Å². The molecule has 0 aromatic rings. The van der Waals surface area contributed by atoms with E-state index >= 15 is 0 Å². The zero-order chi connectivity index (χ0) is 10.5. The van der Waals surface area contributed by atoms with Crippen molar-refractivity contribution in [2.24, 2.45) is 11.8 Å². The van der Waals surface area contributed by atoms with E-state index in [0.29, 0.717) is 11.7 Å². The van der Waals surface area contributed by atoms with Gasteiger partial charge in [0.1, 0.15) is 5.78 Å². The SMILES string of the molecule is O=C(CCC1CCCNC1)C1CCCC1. The van der Waals surface area contributed by atoms with Crippen molar-refractivity contribution < 1.29 is 4.79 Å². The van der Waals surface area contributed by atoms with Crippen molar-refractivity contribution in [3.63, 3.8) is 0 Å². The molecule has 1 heterocycles. The number of rotatable bonds is 4. The first-order valence-electron chi connectivity index (χ1n) is 6.59. The summed E-state index contributed by atoms with van der Waals surface area (Å²) >= 11 is 0. The standard InChI is InChI=1S/C13H23NO/c15-13(12-5-1-2-6-12)8-7-11-4-3-9-14-10-11/h11-12,14H,1-10H2. The van der Waals surface area contributed by atoms with E-state index in [1.807, 2.05) is 0 Å². The van der Waals surface area contributed by atoms with Crippen LogP contribution in [0.3, 0.4) is 0 Å². The predicted molar refractivity (Wildman–Crippen MR) is 61.8 cm³/mol. The summed E-state index contributed by atoms with van der Waals surface area (Å²) in [6, 6.07) is 0. The van der Waals surface area contributed by atoms with Crippen LogP contribution in [0, 0.1) is 11.8 Å². The van der Waals surface area contributed by atoms with Crippen LogP contribution in [0.15, 0.2) is 0 Å². The average molecular weight is 209 g/mol. The van der Waals surface area contributed by atoms with Crippen molar-refractivity contribution in [3.05, 3.63) is 0 Å². The molecular formula is C13H23NO. The highest BCUT2D eigenvalue weighted by Crippen LogP contribution is 2.27. The minimum atomic E-state index is 0.432. The molecule has 15 heavy (non-hydrogen) atoms. The van der Waals surface area contributed by atoms with Crippen molar-refractivity contribution in [1.29, 1.82) is 0 Å². The van der Waals surface area contributed by atoms with Crippen molar-refractivity contribution in [1.82, 2.24) is 5.32 Å². The monoisotopic (exact) mass is 209 g/mol. The average Bonchev–Trinajstić information content (AvgIpc) is 2.81. The van der Waals surface area contributed by atoms with Gasteiger partial charge in [0.05, 0.1) is 0 Å². The lowest BCUT2D eigenvalue weighted by Crippen LogP contribution is -2.30. The first-order chi connectivity index (χ1) is 7.36. The topological polar surface area (TPSA) is 29.1 Å². The molecule has 2 heteroatoms. The van der Waals surface area contributed by atoms with E-state index in [1.165, 1.54) is 45.1 Å². The normalized spacial score (nSPS) is 28.1. The zero-order valence-electron chi connectivity index (χ0n) is 9.63. The van der Waals surface area contributed by atoms with Gasteiger partial charge >= 0.3 is 0 Å². The molecule has 1 aliphatic heterocycles. The maximum Gasteiger partial charge on any atom is 0.135 e. The Hall–Kier alpha value is -0.370. The van der Waals surface area contributed by atoms with Crippen LogP contribution in [-0.2, 0) is 4.79 Å². The van der Waals surface area contributed by atoms with Crippen LogP contribution < -0.4 is 5.32 Å². The van der Waals surface area contributed by atoms with Gasteiger partial charge in [0.15, 0.2) is 0 Å². The van der Waals surface area contributed by atoms with Crippen LogP contribution >= 0.6 is 0 Å². The Labute approximate surface area is 92.8 Å². The van der Waals surface area contributed by atoms with Crippen molar-refractivity contribution in [3.8, 4) is 0 Å². The quantitative estimate of drug-likeness (QED) is 0.771. The molecule has 2 nitrogen and oxygen atoms in total. The minimum absolute atomic E-state index is 0.432. The first-order valence-corrected chi connectivity index (χ1v) is 6.59. The third-order valence-electron chi connectivity index (χ3n) is 4.01.